The molecule has 0 aliphatic carbocycles. The van der Waals surface area contributed by atoms with Gasteiger partial charge in [0.05, 0.1) is 11.0 Å². The van der Waals surface area contributed by atoms with Gasteiger partial charge >= 0.3 is 6.09 Å². The molecule has 1 aromatic carbocycles. The highest BCUT2D eigenvalue weighted by molar-refractivity contribution is 5.93. The molecule has 0 atom stereocenters. The number of ether oxygens (including phenoxy) is 1. The first-order chi connectivity index (χ1) is 8.42. The Morgan fingerprint density at radius 2 is 2.00 bits per heavy atom. The molecule has 0 saturated heterocycles. The fourth-order valence-corrected chi connectivity index (χ4v) is 1.62. The Bertz CT molecular complexity index is 608. The molecule has 0 aliphatic rings. The number of imidazole rings is 1. The van der Waals surface area contributed by atoms with Crippen molar-refractivity contribution in [2.24, 2.45) is 0 Å². The van der Waals surface area contributed by atoms with E-state index in [0.29, 0.717) is 17.3 Å². The second-order valence-electron chi connectivity index (χ2n) is 4.89. The van der Waals surface area contributed by atoms with Crippen molar-refractivity contribution in [2.45, 2.75) is 26.4 Å². The second-order valence-corrected chi connectivity index (χ2v) is 4.89. The summed E-state index contributed by atoms with van der Waals surface area (Å²) in [4.78, 5) is 27.1. The van der Waals surface area contributed by atoms with E-state index in [4.69, 9.17) is 4.74 Å². The number of rotatable bonds is 1. The zero-order chi connectivity index (χ0) is 13.3. The fraction of sp³-hybridized carbons (Fsp3) is 0.308. The van der Waals surface area contributed by atoms with Crippen LogP contribution in [-0.4, -0.2) is 27.5 Å². The van der Waals surface area contributed by atoms with Gasteiger partial charge in [-0.3, -0.25) is 4.79 Å². The SMILES string of the molecule is CC(C)(C)OC(=O)n1c(C=O)nc2ccccc21. The van der Waals surface area contributed by atoms with E-state index < -0.39 is 11.7 Å². The second kappa shape index (κ2) is 4.25. The molecule has 0 aliphatic heterocycles. The molecule has 0 bridgehead atoms. The zero-order valence-corrected chi connectivity index (χ0v) is 10.5. The van der Waals surface area contributed by atoms with Crippen LogP contribution >= 0.6 is 0 Å². The Morgan fingerprint density at radius 3 is 2.61 bits per heavy atom. The van der Waals surface area contributed by atoms with E-state index in [9.17, 15) is 9.59 Å². The third-order valence-electron chi connectivity index (χ3n) is 2.27. The molecule has 0 spiro atoms. The number of carbonyl (C=O) groups is 2. The van der Waals surface area contributed by atoms with Crippen LogP contribution in [0.1, 0.15) is 31.4 Å². The first-order valence-electron chi connectivity index (χ1n) is 5.58. The quantitative estimate of drug-likeness (QED) is 0.726. The zero-order valence-electron chi connectivity index (χ0n) is 10.5. The Kier molecular flexibility index (Phi) is 2.90. The van der Waals surface area contributed by atoms with Crippen LogP contribution in [0, 0.1) is 0 Å². The van der Waals surface area contributed by atoms with Crippen molar-refractivity contribution in [3.05, 3.63) is 30.1 Å². The third kappa shape index (κ3) is 2.25. The van der Waals surface area contributed by atoms with E-state index >= 15 is 0 Å². The summed E-state index contributed by atoms with van der Waals surface area (Å²) in [6.45, 7) is 5.31. The van der Waals surface area contributed by atoms with Crippen LogP contribution in [0.15, 0.2) is 24.3 Å². The molecule has 2 rings (SSSR count). The van der Waals surface area contributed by atoms with Crippen LogP contribution in [0.2, 0.25) is 0 Å². The molecule has 0 radical (unpaired) electrons. The van der Waals surface area contributed by atoms with Gasteiger partial charge in [0.1, 0.15) is 5.60 Å². The van der Waals surface area contributed by atoms with Gasteiger partial charge in [-0.1, -0.05) is 12.1 Å². The number of nitrogens with zero attached hydrogens (tertiary/aromatic N) is 2. The minimum absolute atomic E-state index is 0.0467. The topological polar surface area (TPSA) is 61.2 Å². The lowest BCUT2D eigenvalue weighted by Gasteiger charge is -2.19. The molecule has 94 valence electrons. The first kappa shape index (κ1) is 12.3. The maximum absolute atomic E-state index is 12.1. The van der Waals surface area contributed by atoms with Gasteiger partial charge < -0.3 is 4.74 Å². The standard InChI is InChI=1S/C13H14N2O3/c1-13(2,3)18-12(17)15-10-7-5-4-6-9(10)14-11(15)8-16/h4-8H,1-3H3. The highest BCUT2D eigenvalue weighted by Crippen LogP contribution is 2.17. The van der Waals surface area contributed by atoms with Crippen LogP contribution in [0.5, 0.6) is 0 Å². The van der Waals surface area contributed by atoms with Crippen LogP contribution < -0.4 is 0 Å². The summed E-state index contributed by atoms with van der Waals surface area (Å²) in [6.07, 6.45) is -0.0532. The van der Waals surface area contributed by atoms with Gasteiger partial charge in [-0.05, 0) is 32.9 Å². The average Bonchev–Trinajstić information content (AvgIpc) is 2.64. The molecule has 5 heteroatoms. The number of para-hydroxylation sites is 2. The van der Waals surface area contributed by atoms with E-state index in [1.165, 1.54) is 4.57 Å². The minimum atomic E-state index is -0.622. The van der Waals surface area contributed by atoms with Crippen molar-refractivity contribution in [2.75, 3.05) is 0 Å². The molecule has 0 unspecified atom stereocenters. The van der Waals surface area contributed by atoms with Gasteiger partial charge in [0, 0.05) is 0 Å². The van der Waals surface area contributed by atoms with Crippen molar-refractivity contribution in [1.82, 2.24) is 9.55 Å². The maximum Gasteiger partial charge on any atom is 0.420 e. The molecule has 5 nitrogen and oxygen atoms in total. The number of aromatic nitrogens is 2. The van der Waals surface area contributed by atoms with Crippen molar-refractivity contribution in [3.63, 3.8) is 0 Å². The van der Waals surface area contributed by atoms with Crippen LogP contribution in [0.25, 0.3) is 11.0 Å². The monoisotopic (exact) mass is 246 g/mol. The summed E-state index contributed by atoms with van der Waals surface area (Å²) < 4.78 is 6.45. The largest absolute Gasteiger partial charge is 0.443 e. The number of benzene rings is 1. The minimum Gasteiger partial charge on any atom is -0.443 e. The number of fused-ring (bicyclic) bond motifs is 1. The third-order valence-corrected chi connectivity index (χ3v) is 2.27. The van der Waals surface area contributed by atoms with Gasteiger partial charge in [0.25, 0.3) is 0 Å². The summed E-state index contributed by atoms with van der Waals surface area (Å²) in [6, 6.07) is 7.03. The van der Waals surface area contributed by atoms with Gasteiger partial charge in [0.15, 0.2) is 12.1 Å². The molecule has 18 heavy (non-hydrogen) atoms. The molecule has 0 saturated carbocycles. The molecule has 1 heterocycles. The summed E-state index contributed by atoms with van der Waals surface area (Å²) in [7, 11) is 0. The van der Waals surface area contributed by atoms with Crippen molar-refractivity contribution >= 4 is 23.4 Å². The number of hydrogen-bond donors (Lipinski definition) is 0. The van der Waals surface area contributed by atoms with Crippen molar-refractivity contribution < 1.29 is 14.3 Å². The Morgan fingerprint density at radius 1 is 1.33 bits per heavy atom. The molecule has 1 aromatic heterocycles. The first-order valence-corrected chi connectivity index (χ1v) is 5.58. The lowest BCUT2D eigenvalue weighted by molar-refractivity contribution is 0.0537. The van der Waals surface area contributed by atoms with E-state index in [1.54, 1.807) is 45.0 Å². The normalized spacial score (nSPS) is 11.5. The number of carbonyl (C=O) groups excluding carboxylic acids is 2. The number of aldehydes is 1. The fourth-order valence-electron chi connectivity index (χ4n) is 1.62. The van der Waals surface area contributed by atoms with Gasteiger partial charge in [0.2, 0.25) is 0 Å². The predicted octanol–water partition coefficient (Wildman–Crippen LogP) is 2.63. The van der Waals surface area contributed by atoms with Crippen LogP contribution in [-0.2, 0) is 4.74 Å². The highest BCUT2D eigenvalue weighted by atomic mass is 16.6. The Labute approximate surface area is 104 Å². The lowest BCUT2D eigenvalue weighted by Crippen LogP contribution is -2.28. The van der Waals surface area contributed by atoms with E-state index in [2.05, 4.69) is 4.98 Å². The Balaban J connectivity index is 2.55. The summed E-state index contributed by atoms with van der Waals surface area (Å²) >= 11 is 0. The van der Waals surface area contributed by atoms with Gasteiger partial charge in [-0.25, -0.2) is 14.3 Å². The lowest BCUT2D eigenvalue weighted by atomic mass is 10.2. The number of hydrogen-bond acceptors (Lipinski definition) is 4. The molecular weight excluding hydrogens is 232 g/mol. The van der Waals surface area contributed by atoms with E-state index in [-0.39, 0.29) is 5.82 Å². The summed E-state index contributed by atoms with van der Waals surface area (Å²) in [5, 5.41) is 0. The molecule has 0 amide bonds. The highest BCUT2D eigenvalue weighted by Gasteiger charge is 2.22. The van der Waals surface area contributed by atoms with Crippen LogP contribution in [0.4, 0.5) is 4.79 Å². The molecule has 2 aromatic rings. The van der Waals surface area contributed by atoms with Crippen LogP contribution in [0.3, 0.4) is 0 Å². The molecular formula is C13H14N2O3. The van der Waals surface area contributed by atoms with Gasteiger partial charge in [-0.15, -0.1) is 0 Å². The smallest absolute Gasteiger partial charge is 0.420 e. The van der Waals surface area contributed by atoms with E-state index in [0.717, 1.165) is 0 Å². The maximum atomic E-state index is 12.1. The molecule has 0 N–H and O–H groups in total. The average molecular weight is 246 g/mol. The summed E-state index contributed by atoms with van der Waals surface area (Å²) in [5.74, 6) is 0.0467. The van der Waals surface area contributed by atoms with Gasteiger partial charge in [-0.2, -0.15) is 0 Å². The Hall–Kier alpha value is -2.17. The summed E-state index contributed by atoms with van der Waals surface area (Å²) in [5.41, 5.74) is 0.530. The van der Waals surface area contributed by atoms with Crippen molar-refractivity contribution in [3.8, 4) is 0 Å². The molecule has 0 fully saturated rings. The van der Waals surface area contributed by atoms with Crippen molar-refractivity contribution in [1.29, 1.82) is 0 Å². The van der Waals surface area contributed by atoms with E-state index in [1.807, 2.05) is 0 Å². The predicted molar refractivity (Wildman–Crippen MR) is 66.8 cm³/mol.